The highest BCUT2D eigenvalue weighted by Gasteiger charge is 2.07. The zero-order chi connectivity index (χ0) is 12.3. The third-order valence-corrected chi connectivity index (χ3v) is 2.68. The van der Waals surface area contributed by atoms with E-state index < -0.39 is 12.4 Å². The van der Waals surface area contributed by atoms with Gasteiger partial charge in [-0.1, -0.05) is 12.2 Å². The quantitative estimate of drug-likeness (QED) is 0.798. The van der Waals surface area contributed by atoms with Crippen molar-refractivity contribution < 1.29 is 13.9 Å². The molecular formula is C13H17FO2. The Balaban J connectivity index is 3.01. The number of aryl methyl sites for hydroxylation is 2. The lowest BCUT2D eigenvalue weighted by Crippen LogP contribution is -1.86. The molecule has 1 aromatic rings. The Morgan fingerprint density at radius 2 is 1.94 bits per heavy atom. The molecule has 1 heterocycles. The second kappa shape index (κ2) is 5.12. The fourth-order valence-corrected chi connectivity index (χ4v) is 1.48. The summed E-state index contributed by atoms with van der Waals surface area (Å²) in [6.45, 7) is 6.81. The monoisotopic (exact) mass is 224 g/mol. The molecule has 0 fully saturated rings. The molecule has 0 aliphatic heterocycles. The second-order valence-electron chi connectivity index (χ2n) is 3.83. The van der Waals surface area contributed by atoms with Gasteiger partial charge in [-0.25, -0.2) is 4.39 Å². The molecule has 1 rings (SSSR count). The lowest BCUT2D eigenvalue weighted by molar-refractivity contribution is 0.296. The van der Waals surface area contributed by atoms with Crippen LogP contribution in [-0.4, -0.2) is 11.7 Å². The van der Waals surface area contributed by atoms with Gasteiger partial charge in [0.15, 0.2) is 0 Å². The van der Waals surface area contributed by atoms with Crippen molar-refractivity contribution in [3.8, 4) is 0 Å². The fraction of sp³-hybridized carbons (Fsp3) is 0.385. The van der Waals surface area contributed by atoms with E-state index in [1.54, 1.807) is 13.0 Å². The van der Waals surface area contributed by atoms with Crippen LogP contribution in [0.4, 0.5) is 4.39 Å². The maximum Gasteiger partial charge on any atom is 0.128 e. The first-order valence-corrected chi connectivity index (χ1v) is 5.18. The number of hydrogen-bond donors (Lipinski definition) is 1. The van der Waals surface area contributed by atoms with Gasteiger partial charge in [-0.3, -0.25) is 0 Å². The highest BCUT2D eigenvalue weighted by Crippen LogP contribution is 2.22. The highest BCUT2D eigenvalue weighted by atomic mass is 19.1. The third-order valence-electron chi connectivity index (χ3n) is 2.68. The summed E-state index contributed by atoms with van der Waals surface area (Å²) in [5.41, 5.74) is 2.47. The first kappa shape index (κ1) is 12.7. The topological polar surface area (TPSA) is 33.4 Å². The Morgan fingerprint density at radius 1 is 1.31 bits per heavy atom. The molecule has 0 bridgehead atoms. The summed E-state index contributed by atoms with van der Waals surface area (Å²) in [5, 5.41) is 8.63. The van der Waals surface area contributed by atoms with Crippen molar-refractivity contribution in [3.63, 3.8) is 0 Å². The van der Waals surface area contributed by atoms with Gasteiger partial charge in [0.1, 0.15) is 17.3 Å². The first-order chi connectivity index (χ1) is 7.47. The standard InChI is InChI=1S/C13H17FO2/c1-8(13(14)7-15)5-6-12-9(2)10(3)16-11(12)4/h5-6,15H,7H2,1-4H3/b6-5+,13-8-. The summed E-state index contributed by atoms with van der Waals surface area (Å²) in [4.78, 5) is 0. The summed E-state index contributed by atoms with van der Waals surface area (Å²) < 4.78 is 18.4. The second-order valence-corrected chi connectivity index (χ2v) is 3.83. The number of aliphatic hydroxyl groups is 1. The molecule has 0 aromatic carbocycles. The van der Waals surface area contributed by atoms with Gasteiger partial charge in [0, 0.05) is 5.56 Å². The predicted octanol–water partition coefficient (Wildman–Crippen LogP) is 3.45. The fourth-order valence-electron chi connectivity index (χ4n) is 1.48. The maximum absolute atomic E-state index is 13.0. The Hall–Kier alpha value is -1.35. The molecule has 0 unspecified atom stereocenters. The Morgan fingerprint density at radius 3 is 2.38 bits per heavy atom. The van der Waals surface area contributed by atoms with E-state index >= 15 is 0 Å². The average Bonchev–Trinajstić information content (AvgIpc) is 2.49. The molecule has 88 valence electrons. The molecule has 0 spiro atoms. The van der Waals surface area contributed by atoms with Crippen LogP contribution >= 0.6 is 0 Å². The highest BCUT2D eigenvalue weighted by molar-refractivity contribution is 5.59. The third kappa shape index (κ3) is 2.61. The van der Waals surface area contributed by atoms with Gasteiger partial charge in [-0.2, -0.15) is 0 Å². The van der Waals surface area contributed by atoms with Crippen LogP contribution in [0.25, 0.3) is 6.08 Å². The molecule has 0 amide bonds. The summed E-state index contributed by atoms with van der Waals surface area (Å²) >= 11 is 0. The molecule has 0 radical (unpaired) electrons. The summed E-state index contributed by atoms with van der Waals surface area (Å²) in [7, 11) is 0. The van der Waals surface area contributed by atoms with Crippen molar-refractivity contribution >= 4 is 6.08 Å². The predicted molar refractivity (Wildman–Crippen MR) is 62.8 cm³/mol. The summed E-state index contributed by atoms with van der Waals surface area (Å²) in [6.07, 6.45) is 3.46. The van der Waals surface area contributed by atoms with Gasteiger partial charge in [0.05, 0.1) is 6.61 Å². The van der Waals surface area contributed by atoms with E-state index in [9.17, 15) is 4.39 Å². The smallest absolute Gasteiger partial charge is 0.128 e. The van der Waals surface area contributed by atoms with Gasteiger partial charge in [0.25, 0.3) is 0 Å². The van der Waals surface area contributed by atoms with Crippen molar-refractivity contribution in [3.05, 3.63) is 40.1 Å². The van der Waals surface area contributed by atoms with Gasteiger partial charge >= 0.3 is 0 Å². The molecule has 16 heavy (non-hydrogen) atoms. The zero-order valence-corrected chi connectivity index (χ0v) is 10.1. The van der Waals surface area contributed by atoms with E-state index in [0.717, 1.165) is 22.6 Å². The van der Waals surface area contributed by atoms with Crippen LogP contribution in [0.15, 0.2) is 21.9 Å². The minimum Gasteiger partial charge on any atom is -0.466 e. The molecule has 0 aliphatic carbocycles. The van der Waals surface area contributed by atoms with Crippen molar-refractivity contribution in [2.75, 3.05) is 6.61 Å². The van der Waals surface area contributed by atoms with Crippen molar-refractivity contribution in [1.29, 1.82) is 0 Å². The summed E-state index contributed by atoms with van der Waals surface area (Å²) in [5.74, 6) is 1.19. The minimum absolute atomic E-state index is 0.431. The average molecular weight is 224 g/mol. The SMILES string of the molecule is CC(/C=C/c1c(C)oc(C)c1C)=C(/F)CO. The summed E-state index contributed by atoms with van der Waals surface area (Å²) in [6, 6.07) is 0. The molecular weight excluding hydrogens is 207 g/mol. The van der Waals surface area contributed by atoms with Gasteiger partial charge in [0.2, 0.25) is 0 Å². The number of aliphatic hydroxyl groups excluding tert-OH is 1. The molecule has 0 saturated carbocycles. The van der Waals surface area contributed by atoms with E-state index in [4.69, 9.17) is 9.52 Å². The molecule has 0 saturated heterocycles. The van der Waals surface area contributed by atoms with Crippen LogP contribution in [0.2, 0.25) is 0 Å². The van der Waals surface area contributed by atoms with Gasteiger partial charge in [-0.05, 0) is 38.8 Å². The lowest BCUT2D eigenvalue weighted by atomic mass is 10.1. The van der Waals surface area contributed by atoms with Crippen LogP contribution in [0.3, 0.4) is 0 Å². The van der Waals surface area contributed by atoms with Crippen LogP contribution in [0, 0.1) is 20.8 Å². The van der Waals surface area contributed by atoms with Gasteiger partial charge < -0.3 is 9.52 Å². The molecule has 1 N–H and O–H groups in total. The van der Waals surface area contributed by atoms with E-state index in [0.29, 0.717) is 5.57 Å². The number of rotatable bonds is 3. The van der Waals surface area contributed by atoms with Crippen molar-refractivity contribution in [2.45, 2.75) is 27.7 Å². The molecule has 1 aromatic heterocycles. The lowest BCUT2D eigenvalue weighted by Gasteiger charge is -1.96. The molecule has 2 nitrogen and oxygen atoms in total. The number of hydrogen-bond acceptors (Lipinski definition) is 2. The van der Waals surface area contributed by atoms with Gasteiger partial charge in [-0.15, -0.1) is 0 Å². The number of furan rings is 1. The molecule has 3 heteroatoms. The van der Waals surface area contributed by atoms with Crippen LogP contribution in [-0.2, 0) is 0 Å². The zero-order valence-electron chi connectivity index (χ0n) is 10.1. The van der Waals surface area contributed by atoms with E-state index in [-0.39, 0.29) is 0 Å². The van der Waals surface area contributed by atoms with E-state index in [1.807, 2.05) is 26.8 Å². The number of halogens is 1. The van der Waals surface area contributed by atoms with E-state index in [1.165, 1.54) is 0 Å². The molecule has 0 aliphatic rings. The molecule has 0 atom stereocenters. The van der Waals surface area contributed by atoms with Crippen LogP contribution < -0.4 is 0 Å². The Labute approximate surface area is 95.1 Å². The van der Waals surface area contributed by atoms with Crippen LogP contribution in [0.1, 0.15) is 29.6 Å². The Kier molecular flexibility index (Phi) is 4.07. The minimum atomic E-state index is -0.557. The van der Waals surface area contributed by atoms with Crippen molar-refractivity contribution in [2.24, 2.45) is 0 Å². The van der Waals surface area contributed by atoms with Crippen LogP contribution in [0.5, 0.6) is 0 Å². The normalized spacial score (nSPS) is 13.4. The first-order valence-electron chi connectivity index (χ1n) is 5.18. The van der Waals surface area contributed by atoms with Crippen molar-refractivity contribution in [1.82, 2.24) is 0 Å². The Bertz CT molecular complexity index is 439. The largest absolute Gasteiger partial charge is 0.466 e. The maximum atomic E-state index is 13.0. The number of allylic oxidation sites excluding steroid dienone is 2. The van der Waals surface area contributed by atoms with E-state index in [2.05, 4.69) is 0 Å².